The van der Waals surface area contributed by atoms with Crippen molar-refractivity contribution >= 4 is 16.9 Å². The molecule has 1 saturated carbocycles. The molecule has 1 aromatic rings. The lowest BCUT2D eigenvalue weighted by Crippen LogP contribution is -2.47. The summed E-state index contributed by atoms with van der Waals surface area (Å²) in [6, 6.07) is 6.93. The van der Waals surface area contributed by atoms with E-state index in [0.717, 1.165) is 18.6 Å². The van der Waals surface area contributed by atoms with Crippen LogP contribution in [0.1, 0.15) is 24.8 Å². The van der Waals surface area contributed by atoms with Crippen LogP contribution in [0.2, 0.25) is 0 Å². The second kappa shape index (κ2) is 5.37. The first-order chi connectivity index (χ1) is 9.65. The van der Waals surface area contributed by atoms with Crippen LogP contribution in [-0.2, 0) is 10.3 Å². The third-order valence-corrected chi connectivity index (χ3v) is 5.42. The predicted octanol–water partition coefficient (Wildman–Crippen LogP) is 2.90. The van der Waals surface area contributed by atoms with Gasteiger partial charge in [-0.3, -0.25) is 4.99 Å². The molecule has 0 aromatic heterocycles. The van der Waals surface area contributed by atoms with Gasteiger partial charge in [0.05, 0.1) is 11.6 Å². The van der Waals surface area contributed by atoms with Crippen LogP contribution in [0.3, 0.4) is 0 Å². The lowest BCUT2D eigenvalue weighted by atomic mass is 9.68. The molecule has 3 nitrogen and oxygen atoms in total. The molecule has 2 N–H and O–H groups in total. The van der Waals surface area contributed by atoms with Crippen LogP contribution in [-0.4, -0.2) is 24.1 Å². The number of rotatable bonds is 2. The molecule has 1 heterocycles. The number of fused-ring (bicyclic) bond motifs is 1. The molecule has 3 atom stereocenters. The first kappa shape index (κ1) is 13.9. The van der Waals surface area contributed by atoms with E-state index in [1.165, 1.54) is 6.07 Å². The van der Waals surface area contributed by atoms with Crippen molar-refractivity contribution < 1.29 is 9.13 Å². The first-order valence-electron chi connectivity index (χ1n) is 6.91. The van der Waals surface area contributed by atoms with E-state index < -0.39 is 5.54 Å². The minimum Gasteiger partial charge on any atom is -0.381 e. The molecule has 0 saturated heterocycles. The molecule has 3 rings (SSSR count). The largest absolute Gasteiger partial charge is 0.381 e. The normalized spacial score (nSPS) is 33.4. The average Bonchev–Trinajstić information content (AvgIpc) is 2.46. The Kier molecular flexibility index (Phi) is 3.73. The molecule has 0 radical (unpaired) electrons. The van der Waals surface area contributed by atoms with E-state index >= 15 is 0 Å². The molecule has 0 amide bonds. The molecule has 108 valence electrons. The van der Waals surface area contributed by atoms with Crippen LogP contribution in [0.15, 0.2) is 29.3 Å². The van der Waals surface area contributed by atoms with Crippen molar-refractivity contribution in [3.8, 4) is 0 Å². The summed E-state index contributed by atoms with van der Waals surface area (Å²) in [6.45, 7) is 0. The standard InChI is InChI=1S/C15H19FN2OS/c1-19-11-7-6-10-9-20-14(17)18-15(10,8-11)12-4-2-3-5-13(12)16/h2-5,10-11H,6-9H2,1H3,(H2,17,18)/t10?,11-,15?/m0/s1. The second-order valence-electron chi connectivity index (χ2n) is 5.50. The summed E-state index contributed by atoms with van der Waals surface area (Å²) in [7, 11) is 1.71. The van der Waals surface area contributed by atoms with Crippen molar-refractivity contribution in [2.24, 2.45) is 16.6 Å². The third kappa shape index (κ3) is 2.23. The SMILES string of the molecule is CO[C@H]1CCC2CSC(N)=NC2(c2ccccc2F)C1. The van der Waals surface area contributed by atoms with Gasteiger partial charge in [-0.1, -0.05) is 30.0 Å². The number of thioether (sulfide) groups is 1. The maximum Gasteiger partial charge on any atom is 0.154 e. The Labute approximate surface area is 122 Å². The Morgan fingerprint density at radius 1 is 1.40 bits per heavy atom. The summed E-state index contributed by atoms with van der Waals surface area (Å²) in [4.78, 5) is 4.70. The molecular formula is C15H19FN2OS. The lowest BCUT2D eigenvalue weighted by Gasteiger charge is -2.46. The average molecular weight is 294 g/mol. The smallest absolute Gasteiger partial charge is 0.154 e. The maximum atomic E-state index is 14.3. The summed E-state index contributed by atoms with van der Waals surface area (Å²) in [5.74, 6) is 1.03. The van der Waals surface area contributed by atoms with Crippen LogP contribution in [0.5, 0.6) is 0 Å². The molecule has 0 spiro atoms. The van der Waals surface area contributed by atoms with Gasteiger partial charge in [-0.2, -0.15) is 0 Å². The highest BCUT2D eigenvalue weighted by Gasteiger charge is 2.48. The van der Waals surface area contributed by atoms with Crippen molar-refractivity contribution in [2.75, 3.05) is 12.9 Å². The van der Waals surface area contributed by atoms with E-state index in [1.54, 1.807) is 24.9 Å². The fraction of sp³-hybridized carbons (Fsp3) is 0.533. The number of methoxy groups -OCH3 is 1. The molecule has 1 aliphatic heterocycles. The van der Waals surface area contributed by atoms with Gasteiger partial charge in [0.1, 0.15) is 5.82 Å². The van der Waals surface area contributed by atoms with Crippen molar-refractivity contribution in [3.05, 3.63) is 35.6 Å². The zero-order valence-electron chi connectivity index (χ0n) is 11.5. The highest BCUT2D eigenvalue weighted by molar-refractivity contribution is 8.13. The van der Waals surface area contributed by atoms with Crippen molar-refractivity contribution in [1.82, 2.24) is 0 Å². The molecule has 20 heavy (non-hydrogen) atoms. The summed E-state index contributed by atoms with van der Waals surface area (Å²) < 4.78 is 19.9. The Balaban J connectivity index is 2.11. The minimum atomic E-state index is -0.556. The van der Waals surface area contributed by atoms with E-state index in [0.29, 0.717) is 23.1 Å². The molecular weight excluding hydrogens is 275 g/mol. The molecule has 0 bridgehead atoms. The van der Waals surface area contributed by atoms with Crippen LogP contribution >= 0.6 is 11.8 Å². The fourth-order valence-electron chi connectivity index (χ4n) is 3.42. The Morgan fingerprint density at radius 2 is 2.20 bits per heavy atom. The summed E-state index contributed by atoms with van der Waals surface area (Å²) in [6.07, 6.45) is 2.82. The van der Waals surface area contributed by atoms with Crippen LogP contribution < -0.4 is 5.73 Å². The van der Waals surface area contributed by atoms with Crippen LogP contribution in [0.25, 0.3) is 0 Å². The van der Waals surface area contributed by atoms with Gasteiger partial charge in [0.25, 0.3) is 0 Å². The van der Waals surface area contributed by atoms with Crippen LogP contribution in [0, 0.1) is 11.7 Å². The van der Waals surface area contributed by atoms with Gasteiger partial charge in [-0.15, -0.1) is 0 Å². The van der Waals surface area contributed by atoms with Gasteiger partial charge in [-0.25, -0.2) is 4.39 Å². The van der Waals surface area contributed by atoms with E-state index in [4.69, 9.17) is 15.5 Å². The van der Waals surface area contributed by atoms with Crippen molar-refractivity contribution in [3.63, 3.8) is 0 Å². The summed E-state index contributed by atoms with van der Waals surface area (Å²) in [5.41, 5.74) is 6.06. The first-order valence-corrected chi connectivity index (χ1v) is 7.90. The Morgan fingerprint density at radius 3 is 2.95 bits per heavy atom. The zero-order chi connectivity index (χ0) is 14.2. The number of nitrogens with two attached hydrogens (primary N) is 1. The summed E-state index contributed by atoms with van der Waals surface area (Å²) in [5, 5.41) is 0.557. The second-order valence-corrected chi connectivity index (χ2v) is 6.54. The van der Waals surface area contributed by atoms with Gasteiger partial charge >= 0.3 is 0 Å². The minimum absolute atomic E-state index is 0.116. The molecule has 2 unspecified atom stereocenters. The van der Waals surface area contributed by atoms with E-state index in [9.17, 15) is 4.39 Å². The molecule has 1 aliphatic carbocycles. The monoisotopic (exact) mass is 294 g/mol. The lowest BCUT2D eigenvalue weighted by molar-refractivity contribution is 0.0193. The zero-order valence-corrected chi connectivity index (χ0v) is 12.3. The number of hydrogen-bond donors (Lipinski definition) is 1. The highest BCUT2D eigenvalue weighted by atomic mass is 32.2. The van der Waals surface area contributed by atoms with E-state index in [-0.39, 0.29) is 11.9 Å². The number of aliphatic imine (C=N–C) groups is 1. The third-order valence-electron chi connectivity index (χ3n) is 4.47. The fourth-order valence-corrected chi connectivity index (χ4v) is 4.46. The highest BCUT2D eigenvalue weighted by Crippen LogP contribution is 2.50. The van der Waals surface area contributed by atoms with Gasteiger partial charge in [-0.05, 0) is 24.8 Å². The number of amidine groups is 1. The maximum absolute atomic E-state index is 14.3. The van der Waals surface area contributed by atoms with Crippen LogP contribution in [0.4, 0.5) is 4.39 Å². The number of benzene rings is 1. The van der Waals surface area contributed by atoms with Crippen molar-refractivity contribution in [1.29, 1.82) is 0 Å². The topological polar surface area (TPSA) is 47.6 Å². The Bertz CT molecular complexity index is 536. The molecule has 2 aliphatic rings. The predicted molar refractivity (Wildman–Crippen MR) is 80.3 cm³/mol. The van der Waals surface area contributed by atoms with Gasteiger partial charge in [0.15, 0.2) is 5.17 Å². The molecule has 5 heteroatoms. The van der Waals surface area contributed by atoms with Gasteiger partial charge < -0.3 is 10.5 Å². The Hall–Kier alpha value is -1.07. The number of ether oxygens (including phenoxy) is 1. The van der Waals surface area contributed by atoms with E-state index in [1.807, 2.05) is 12.1 Å². The van der Waals surface area contributed by atoms with Crippen molar-refractivity contribution in [2.45, 2.75) is 30.9 Å². The quantitative estimate of drug-likeness (QED) is 0.912. The summed E-state index contributed by atoms with van der Waals surface area (Å²) >= 11 is 1.58. The van der Waals surface area contributed by atoms with Gasteiger partial charge in [0.2, 0.25) is 0 Å². The number of halogens is 1. The number of nitrogens with zero attached hydrogens (tertiary/aromatic N) is 1. The van der Waals surface area contributed by atoms with Gasteiger partial charge in [0, 0.05) is 24.8 Å². The number of hydrogen-bond acceptors (Lipinski definition) is 4. The molecule has 1 fully saturated rings. The molecule has 1 aromatic carbocycles. The van der Waals surface area contributed by atoms with E-state index in [2.05, 4.69) is 0 Å².